The van der Waals surface area contributed by atoms with Crippen LogP contribution in [0, 0.1) is 20.8 Å². The van der Waals surface area contributed by atoms with E-state index in [9.17, 15) is 40.9 Å². The van der Waals surface area contributed by atoms with Crippen LogP contribution in [0.4, 0.5) is 34.1 Å². The van der Waals surface area contributed by atoms with Gasteiger partial charge in [0.05, 0.1) is 40.3 Å². The van der Waals surface area contributed by atoms with Crippen molar-refractivity contribution in [1.82, 2.24) is 15.0 Å². The molecule has 0 unspecified atom stereocenters. The Morgan fingerprint density at radius 2 is 1.20 bits per heavy atom. The average molecular weight is 900 g/mol. The van der Waals surface area contributed by atoms with Gasteiger partial charge in [0.2, 0.25) is 0 Å². The van der Waals surface area contributed by atoms with Crippen molar-refractivity contribution in [2.75, 3.05) is 7.11 Å². The molecule has 21 heteroatoms. The van der Waals surface area contributed by atoms with Crippen LogP contribution in [0.5, 0.6) is 11.5 Å². The molecule has 19 nitrogen and oxygen atoms in total. The van der Waals surface area contributed by atoms with Gasteiger partial charge in [-0.1, -0.05) is 24.3 Å². The van der Waals surface area contributed by atoms with Crippen molar-refractivity contribution in [1.29, 1.82) is 0 Å². The highest BCUT2D eigenvalue weighted by atomic mass is 32.2. The third-order valence-corrected chi connectivity index (χ3v) is 11.8. The van der Waals surface area contributed by atoms with E-state index in [4.69, 9.17) is 4.74 Å². The normalized spacial score (nSPS) is 12.5. The Kier molecular flexibility index (Phi) is 11.0. The number of aromatic hydroxyl groups is 1. The van der Waals surface area contributed by atoms with E-state index in [2.05, 4.69) is 40.9 Å². The van der Waals surface area contributed by atoms with Crippen molar-refractivity contribution in [2.45, 2.75) is 30.6 Å². The Bertz CT molecular complexity index is 3590. The predicted molar refractivity (Wildman–Crippen MR) is 235 cm³/mol. The summed E-state index contributed by atoms with van der Waals surface area (Å²) in [6.45, 7) is 5.50. The van der Waals surface area contributed by atoms with Gasteiger partial charge in [-0.3, -0.25) is 9.11 Å². The number of rotatable bonds is 11. The summed E-state index contributed by atoms with van der Waals surface area (Å²) in [7, 11) is -8.31. The van der Waals surface area contributed by atoms with Gasteiger partial charge < -0.3 is 14.9 Å². The number of aromatic carboxylic acids is 1. The van der Waals surface area contributed by atoms with E-state index < -0.39 is 36.0 Å². The van der Waals surface area contributed by atoms with Crippen molar-refractivity contribution in [2.24, 2.45) is 30.7 Å². The zero-order chi connectivity index (χ0) is 45.7. The lowest BCUT2D eigenvalue weighted by molar-refractivity contribution is 0.0697. The van der Waals surface area contributed by atoms with Gasteiger partial charge in [-0.15, -0.1) is 25.5 Å². The number of benzene rings is 7. The van der Waals surface area contributed by atoms with E-state index in [1.165, 1.54) is 30.1 Å². The fraction of sp³-hybridized carbons (Fsp3) is 0.0930. The summed E-state index contributed by atoms with van der Waals surface area (Å²) < 4.78 is 73.4. The number of carboxylic acids is 1. The number of aromatic nitrogens is 3. The van der Waals surface area contributed by atoms with Crippen molar-refractivity contribution < 1.29 is 45.7 Å². The number of ether oxygens (including phenoxy) is 1. The van der Waals surface area contributed by atoms with Gasteiger partial charge in [0.1, 0.15) is 38.7 Å². The zero-order valence-electron chi connectivity index (χ0n) is 33.9. The fourth-order valence-electron chi connectivity index (χ4n) is 6.80. The Balaban J connectivity index is 1.04. The molecule has 8 rings (SSSR count). The molecule has 1 heterocycles. The average Bonchev–Trinajstić information content (AvgIpc) is 3.70. The quantitative estimate of drug-likeness (QED) is 0.0696. The molecule has 0 spiro atoms. The van der Waals surface area contributed by atoms with Gasteiger partial charge in [-0.25, -0.2) is 4.79 Å². The zero-order valence-corrected chi connectivity index (χ0v) is 35.5. The highest BCUT2D eigenvalue weighted by molar-refractivity contribution is 7.86. The molecular weight excluding hydrogens is 867 g/mol. The van der Waals surface area contributed by atoms with Gasteiger partial charge in [-0.2, -0.15) is 37.0 Å². The van der Waals surface area contributed by atoms with Crippen molar-refractivity contribution in [3.8, 4) is 17.2 Å². The number of carboxylic acid groups (broad SMARTS) is 1. The number of carbonyl (C=O) groups is 1. The Morgan fingerprint density at radius 3 is 1.84 bits per heavy atom. The third kappa shape index (κ3) is 8.37. The monoisotopic (exact) mass is 899 g/mol. The first-order valence-corrected chi connectivity index (χ1v) is 21.7. The summed E-state index contributed by atoms with van der Waals surface area (Å²) in [5, 5.41) is 56.6. The molecule has 0 fully saturated rings. The number of phenols is 1. The molecule has 0 aliphatic carbocycles. The maximum atomic E-state index is 12.2. The van der Waals surface area contributed by atoms with Crippen LogP contribution in [0.15, 0.2) is 144 Å². The SMILES string of the molecule is COc1cc(N=Nc2cc(C)c(N=Nc3ccccc3C(=O)O)cc2C)c(C)cc1N=Nc1ccc2cc(-n3nc4ccc5c(S(=O)(=O)O)cc(S(=O)(=O)O)cc5c4n3)ccc2c1O. The van der Waals surface area contributed by atoms with Crippen molar-refractivity contribution in [3.63, 3.8) is 0 Å². The summed E-state index contributed by atoms with van der Waals surface area (Å²) in [6, 6.07) is 26.0. The topological polar surface area (TPSA) is 280 Å². The van der Waals surface area contributed by atoms with E-state index in [1.807, 2.05) is 20.8 Å². The van der Waals surface area contributed by atoms with Gasteiger partial charge in [-0.05, 0) is 116 Å². The molecule has 7 aromatic carbocycles. The van der Waals surface area contributed by atoms with E-state index in [0.717, 1.165) is 17.2 Å². The molecule has 1 aromatic heterocycles. The molecule has 0 radical (unpaired) electrons. The summed E-state index contributed by atoms with van der Waals surface area (Å²) in [4.78, 5) is 11.3. The van der Waals surface area contributed by atoms with E-state index >= 15 is 0 Å². The molecule has 0 bridgehead atoms. The minimum atomic E-state index is -4.91. The van der Waals surface area contributed by atoms with Crippen LogP contribution in [0.3, 0.4) is 0 Å². The van der Waals surface area contributed by atoms with Crippen LogP contribution < -0.4 is 4.74 Å². The maximum absolute atomic E-state index is 12.2. The predicted octanol–water partition coefficient (Wildman–Crippen LogP) is 10.8. The molecule has 0 amide bonds. The summed E-state index contributed by atoms with van der Waals surface area (Å²) in [5.74, 6) is -0.928. The first-order chi connectivity index (χ1) is 30.4. The fourth-order valence-corrected chi connectivity index (χ4v) is 8.14. The highest BCUT2D eigenvalue weighted by Gasteiger charge is 2.23. The number of nitrogens with zero attached hydrogens (tertiary/aromatic N) is 9. The van der Waals surface area contributed by atoms with Crippen LogP contribution in [-0.2, 0) is 20.2 Å². The largest absolute Gasteiger partial charge is 0.505 e. The first-order valence-electron chi connectivity index (χ1n) is 18.8. The second-order valence-electron chi connectivity index (χ2n) is 14.4. The number of methoxy groups -OCH3 is 1. The lowest BCUT2D eigenvalue weighted by Crippen LogP contribution is -2.04. The number of hydrogen-bond acceptors (Lipinski definition) is 15. The molecular formula is C43H33N9O10S2. The molecule has 0 atom stereocenters. The number of azo groups is 3. The van der Waals surface area contributed by atoms with Crippen LogP contribution in [0.1, 0.15) is 27.0 Å². The number of phenolic OH excluding ortho intramolecular Hbond substituents is 1. The molecule has 64 heavy (non-hydrogen) atoms. The lowest BCUT2D eigenvalue weighted by atomic mass is 10.1. The van der Waals surface area contributed by atoms with Crippen LogP contribution in [0.25, 0.3) is 38.3 Å². The first kappa shape index (κ1) is 42.8. The van der Waals surface area contributed by atoms with Crippen molar-refractivity contribution in [3.05, 3.63) is 125 Å². The van der Waals surface area contributed by atoms with E-state index in [1.54, 1.807) is 72.8 Å². The van der Waals surface area contributed by atoms with Gasteiger partial charge in [0.15, 0.2) is 5.75 Å². The Hall–Kier alpha value is -7.85. The standard InChI is InChI=1S/C43H33N9O10S2/c1-22-16-36(23(2)15-35(22)46-44-32-8-6-5-7-30(32)43(54)55)47-48-37-21-39(62-4)38(17-24(37)3)49-45-34-13-9-25-18-26(10-11-28(25)42(34)53)52-50-33-14-12-29-31(41(33)51-52)19-27(63(56,57)58)20-40(29)64(59,60)61/h5-21,53H,1-4H3,(H,54,55)(H,56,57,58)(H,59,60,61). The van der Waals surface area contributed by atoms with Crippen LogP contribution in [0.2, 0.25) is 0 Å². The minimum Gasteiger partial charge on any atom is -0.505 e. The smallest absolute Gasteiger partial charge is 0.337 e. The molecule has 0 saturated carbocycles. The second kappa shape index (κ2) is 16.4. The second-order valence-corrected chi connectivity index (χ2v) is 17.2. The molecule has 4 N–H and O–H groups in total. The number of fused-ring (bicyclic) bond motifs is 4. The molecule has 0 saturated heterocycles. The van der Waals surface area contributed by atoms with Gasteiger partial charge in [0, 0.05) is 22.2 Å². The minimum absolute atomic E-state index is 0.00311. The van der Waals surface area contributed by atoms with E-state index in [0.29, 0.717) is 56.6 Å². The number of hydrogen-bond donors (Lipinski definition) is 4. The van der Waals surface area contributed by atoms with Gasteiger partial charge >= 0.3 is 5.97 Å². The van der Waals surface area contributed by atoms with Crippen LogP contribution >= 0.6 is 0 Å². The molecule has 0 aliphatic rings. The molecule has 8 aromatic rings. The van der Waals surface area contributed by atoms with E-state index in [-0.39, 0.29) is 44.5 Å². The summed E-state index contributed by atoms with van der Waals surface area (Å²) >= 11 is 0. The Labute approximate surface area is 363 Å². The van der Waals surface area contributed by atoms with Gasteiger partial charge in [0.25, 0.3) is 20.2 Å². The molecule has 322 valence electrons. The summed E-state index contributed by atoms with van der Waals surface area (Å²) in [5.41, 5.74) is 5.41. The lowest BCUT2D eigenvalue weighted by Gasteiger charge is -2.09. The third-order valence-electron chi connectivity index (χ3n) is 10.1. The van der Waals surface area contributed by atoms with Crippen molar-refractivity contribution >= 4 is 92.9 Å². The summed E-state index contributed by atoms with van der Waals surface area (Å²) in [6.07, 6.45) is 0. The Morgan fingerprint density at radius 1 is 0.609 bits per heavy atom. The molecule has 0 aliphatic heterocycles. The van der Waals surface area contributed by atoms with Crippen LogP contribution in [-0.4, -0.2) is 64.2 Å². The number of aryl methyl sites for hydroxylation is 3. The maximum Gasteiger partial charge on any atom is 0.337 e. The highest BCUT2D eigenvalue weighted by Crippen LogP contribution is 2.41.